The zero-order valence-corrected chi connectivity index (χ0v) is 15.4. The highest BCUT2D eigenvalue weighted by atomic mass is 32.2. The van der Waals surface area contributed by atoms with Crippen LogP contribution in [-0.4, -0.2) is 47.6 Å². The molecule has 0 aromatic carbocycles. The Bertz CT molecular complexity index is 287. The summed E-state index contributed by atoms with van der Waals surface area (Å²) in [5.41, 5.74) is 0. The summed E-state index contributed by atoms with van der Waals surface area (Å²) in [6, 6.07) is 0.771. The average Bonchev–Trinajstić information content (AvgIpc) is 2.44. The second kappa shape index (κ2) is 8.79. The van der Waals surface area contributed by atoms with Gasteiger partial charge in [0.25, 0.3) is 0 Å². The molecule has 2 rings (SSSR count). The van der Waals surface area contributed by atoms with Crippen molar-refractivity contribution in [2.75, 3.05) is 26.2 Å². The van der Waals surface area contributed by atoms with E-state index >= 15 is 0 Å². The fourth-order valence-electron chi connectivity index (χ4n) is 4.30. The molecule has 1 aliphatic heterocycles. The monoisotopic (exact) mass is 312 g/mol. The molecule has 1 heterocycles. The Morgan fingerprint density at radius 1 is 1.10 bits per heavy atom. The van der Waals surface area contributed by atoms with E-state index < -0.39 is 0 Å². The fraction of sp³-hybridized carbons (Fsp3) is 1.00. The van der Waals surface area contributed by atoms with Gasteiger partial charge in [0.05, 0.1) is 0 Å². The molecule has 2 fully saturated rings. The Hall–Kier alpha value is 0.270. The number of rotatable bonds is 6. The maximum atomic E-state index is 3.85. The van der Waals surface area contributed by atoms with Gasteiger partial charge in [-0.1, -0.05) is 34.1 Å². The van der Waals surface area contributed by atoms with Crippen LogP contribution in [0.3, 0.4) is 0 Å². The zero-order valence-electron chi connectivity index (χ0n) is 14.6. The zero-order chi connectivity index (χ0) is 15.2. The van der Waals surface area contributed by atoms with Crippen LogP contribution in [0.5, 0.6) is 0 Å². The van der Waals surface area contributed by atoms with Crippen LogP contribution >= 0.6 is 11.8 Å². The Morgan fingerprint density at radius 2 is 1.81 bits per heavy atom. The van der Waals surface area contributed by atoms with Gasteiger partial charge in [-0.3, -0.25) is 0 Å². The van der Waals surface area contributed by atoms with Crippen molar-refractivity contribution < 1.29 is 0 Å². The molecule has 5 unspecified atom stereocenters. The number of hydrogen-bond acceptors (Lipinski definition) is 3. The van der Waals surface area contributed by atoms with Crippen LogP contribution in [0.25, 0.3) is 0 Å². The standard InChI is InChI=1S/C18H36N2S/c1-5-9-19-18-8-7-16(6-2)10-17(18)13-20-11-14(3)21-15(4)12-20/h14-19H,5-13H2,1-4H3. The molecule has 0 spiro atoms. The van der Waals surface area contributed by atoms with Crippen LogP contribution in [0.2, 0.25) is 0 Å². The van der Waals surface area contributed by atoms with Crippen LogP contribution in [0.4, 0.5) is 0 Å². The Morgan fingerprint density at radius 3 is 2.43 bits per heavy atom. The van der Waals surface area contributed by atoms with E-state index in [2.05, 4.69) is 49.7 Å². The van der Waals surface area contributed by atoms with Crippen LogP contribution < -0.4 is 5.32 Å². The number of nitrogens with zero attached hydrogens (tertiary/aromatic N) is 1. The minimum Gasteiger partial charge on any atom is -0.314 e. The number of nitrogens with one attached hydrogen (secondary N) is 1. The third-order valence-electron chi connectivity index (χ3n) is 5.31. The van der Waals surface area contributed by atoms with Gasteiger partial charge < -0.3 is 10.2 Å². The molecule has 0 bridgehead atoms. The fourth-order valence-corrected chi connectivity index (χ4v) is 5.68. The minimum absolute atomic E-state index is 0.771. The first-order valence-corrected chi connectivity index (χ1v) is 10.2. The van der Waals surface area contributed by atoms with Gasteiger partial charge in [0.15, 0.2) is 0 Å². The average molecular weight is 313 g/mol. The van der Waals surface area contributed by atoms with Crippen molar-refractivity contribution in [3.8, 4) is 0 Å². The highest BCUT2D eigenvalue weighted by molar-refractivity contribution is 8.00. The van der Waals surface area contributed by atoms with Gasteiger partial charge in [-0.15, -0.1) is 0 Å². The van der Waals surface area contributed by atoms with Crippen LogP contribution in [0.1, 0.15) is 59.8 Å². The van der Waals surface area contributed by atoms with E-state index in [1.807, 2.05) is 0 Å². The highest BCUT2D eigenvalue weighted by Gasteiger charge is 2.32. The molecule has 0 aromatic rings. The molecule has 0 aromatic heterocycles. The van der Waals surface area contributed by atoms with Gasteiger partial charge >= 0.3 is 0 Å². The van der Waals surface area contributed by atoms with Crippen molar-refractivity contribution in [1.82, 2.24) is 10.2 Å². The summed E-state index contributed by atoms with van der Waals surface area (Å²) in [7, 11) is 0. The Labute approximate surface area is 136 Å². The minimum atomic E-state index is 0.771. The molecular weight excluding hydrogens is 276 g/mol. The van der Waals surface area contributed by atoms with E-state index in [0.29, 0.717) is 0 Å². The molecule has 2 aliphatic rings. The van der Waals surface area contributed by atoms with Gasteiger partial charge in [-0.25, -0.2) is 0 Å². The highest BCUT2D eigenvalue weighted by Crippen LogP contribution is 2.33. The van der Waals surface area contributed by atoms with Crippen LogP contribution in [-0.2, 0) is 0 Å². The first kappa shape index (κ1) is 17.6. The Balaban J connectivity index is 1.91. The van der Waals surface area contributed by atoms with E-state index in [1.165, 1.54) is 58.3 Å². The van der Waals surface area contributed by atoms with Crippen molar-refractivity contribution in [3.63, 3.8) is 0 Å². The van der Waals surface area contributed by atoms with Crippen molar-refractivity contribution in [3.05, 3.63) is 0 Å². The molecule has 2 nitrogen and oxygen atoms in total. The Kier molecular flexibility index (Phi) is 7.37. The summed E-state index contributed by atoms with van der Waals surface area (Å²) < 4.78 is 0. The lowest BCUT2D eigenvalue weighted by atomic mass is 9.76. The number of hydrogen-bond donors (Lipinski definition) is 1. The van der Waals surface area contributed by atoms with E-state index in [9.17, 15) is 0 Å². The van der Waals surface area contributed by atoms with Crippen LogP contribution in [0, 0.1) is 11.8 Å². The summed E-state index contributed by atoms with van der Waals surface area (Å²) in [5.74, 6) is 1.85. The van der Waals surface area contributed by atoms with E-state index in [1.54, 1.807) is 0 Å². The summed E-state index contributed by atoms with van der Waals surface area (Å²) in [5, 5.41) is 5.46. The largest absolute Gasteiger partial charge is 0.314 e. The van der Waals surface area contributed by atoms with Gasteiger partial charge in [-0.05, 0) is 44.1 Å². The van der Waals surface area contributed by atoms with Crippen molar-refractivity contribution in [1.29, 1.82) is 0 Å². The van der Waals surface area contributed by atoms with Gasteiger partial charge in [-0.2, -0.15) is 11.8 Å². The molecule has 3 heteroatoms. The third kappa shape index (κ3) is 5.44. The lowest BCUT2D eigenvalue weighted by Crippen LogP contribution is -2.49. The predicted octanol–water partition coefficient (Wildman–Crippen LogP) is 4.01. The summed E-state index contributed by atoms with van der Waals surface area (Å²) >= 11 is 2.17. The van der Waals surface area contributed by atoms with Crippen molar-refractivity contribution in [2.45, 2.75) is 76.3 Å². The topological polar surface area (TPSA) is 15.3 Å². The first-order chi connectivity index (χ1) is 10.1. The van der Waals surface area contributed by atoms with Crippen molar-refractivity contribution in [2.24, 2.45) is 11.8 Å². The number of thioether (sulfide) groups is 1. The van der Waals surface area contributed by atoms with Gasteiger partial charge in [0, 0.05) is 36.2 Å². The SMILES string of the molecule is CCCNC1CCC(CC)CC1CN1CC(C)SC(C)C1. The van der Waals surface area contributed by atoms with Crippen molar-refractivity contribution >= 4 is 11.8 Å². The molecule has 1 saturated heterocycles. The molecule has 124 valence electrons. The second-order valence-corrected chi connectivity index (χ2v) is 9.27. The summed E-state index contributed by atoms with van der Waals surface area (Å²) in [6.45, 7) is 14.6. The van der Waals surface area contributed by atoms with E-state index in [-0.39, 0.29) is 0 Å². The molecular formula is C18H36N2S. The maximum absolute atomic E-state index is 3.85. The maximum Gasteiger partial charge on any atom is 0.0149 e. The molecule has 21 heavy (non-hydrogen) atoms. The molecule has 1 saturated carbocycles. The van der Waals surface area contributed by atoms with E-state index in [4.69, 9.17) is 0 Å². The molecule has 0 radical (unpaired) electrons. The smallest absolute Gasteiger partial charge is 0.0149 e. The lowest BCUT2D eigenvalue weighted by molar-refractivity contribution is 0.136. The quantitative estimate of drug-likeness (QED) is 0.798. The van der Waals surface area contributed by atoms with Gasteiger partial charge in [0.2, 0.25) is 0 Å². The lowest BCUT2D eigenvalue weighted by Gasteiger charge is -2.42. The van der Waals surface area contributed by atoms with Gasteiger partial charge in [0.1, 0.15) is 0 Å². The van der Waals surface area contributed by atoms with E-state index in [0.717, 1.165) is 28.4 Å². The van der Waals surface area contributed by atoms with Crippen LogP contribution in [0.15, 0.2) is 0 Å². The summed E-state index contributed by atoms with van der Waals surface area (Å²) in [6.07, 6.45) is 6.92. The molecule has 1 N–H and O–H groups in total. The predicted molar refractivity (Wildman–Crippen MR) is 96.2 cm³/mol. The second-order valence-electron chi connectivity index (χ2n) is 7.38. The molecule has 5 atom stereocenters. The third-order valence-corrected chi connectivity index (χ3v) is 6.54. The molecule has 1 aliphatic carbocycles. The summed E-state index contributed by atoms with van der Waals surface area (Å²) in [4.78, 5) is 2.76. The normalized spacial score (nSPS) is 38.6. The first-order valence-electron chi connectivity index (χ1n) is 9.23. The molecule has 0 amide bonds.